The van der Waals surface area contributed by atoms with E-state index >= 15 is 0 Å². The highest BCUT2D eigenvalue weighted by molar-refractivity contribution is 9.10. The maximum absolute atomic E-state index is 14.0. The Bertz CT molecular complexity index is 4240. The van der Waals surface area contributed by atoms with Gasteiger partial charge in [0, 0.05) is 117 Å². The average Bonchev–Trinajstić information content (AvgIpc) is 2.60. The number of hydrogen-bond donors (Lipinski definition) is 4. The summed E-state index contributed by atoms with van der Waals surface area (Å²) < 4.78 is 74.1. The van der Waals surface area contributed by atoms with Crippen molar-refractivity contribution >= 4 is 27.5 Å². The second-order valence-corrected chi connectivity index (χ2v) is 17.4. The van der Waals surface area contributed by atoms with E-state index in [0.29, 0.717) is 55.0 Å². The maximum atomic E-state index is 14.0. The van der Waals surface area contributed by atoms with Gasteiger partial charge >= 0.3 is 22.8 Å². The zero-order chi connectivity index (χ0) is 61.9. The summed E-state index contributed by atoms with van der Waals surface area (Å²) in [6.07, 6.45) is 17.1. The van der Waals surface area contributed by atoms with Crippen LogP contribution in [0.4, 0.5) is 4.39 Å². The van der Waals surface area contributed by atoms with Gasteiger partial charge in [-0.2, -0.15) is 37.5 Å². The lowest BCUT2D eigenvalue weighted by atomic mass is 10.2. The number of halogens is 3. The summed E-state index contributed by atoms with van der Waals surface area (Å²) >= 11 is 9.51. The Hall–Kier alpha value is -11.2. The molecule has 0 saturated heterocycles. The van der Waals surface area contributed by atoms with Crippen molar-refractivity contribution in [2.24, 2.45) is 28.2 Å². The van der Waals surface area contributed by atoms with Crippen molar-refractivity contribution in [2.75, 3.05) is 0 Å². The fourth-order valence-corrected chi connectivity index (χ4v) is 7.34. The zero-order valence-corrected chi connectivity index (χ0v) is 45.4. The van der Waals surface area contributed by atoms with Crippen LogP contribution in [0.5, 0.6) is 23.5 Å². The van der Waals surface area contributed by atoms with Gasteiger partial charge in [0.1, 0.15) is 32.2 Å². The molecule has 12 heterocycles. The number of aryl methyl sites for hydroxylation is 4. The summed E-state index contributed by atoms with van der Waals surface area (Å²) in [6, 6.07) is 7.85. The highest BCUT2D eigenvalue weighted by Gasteiger charge is 2.19. The van der Waals surface area contributed by atoms with Gasteiger partial charge in [0.2, 0.25) is 23.5 Å². The fraction of sp³-hybridized carbons (Fsp3) is 0.182. The second-order valence-electron chi connectivity index (χ2n) is 16.2. The predicted octanol–water partition coefficient (Wildman–Crippen LogP) is 0.207. The monoisotopic (exact) mass is 1230 g/mol. The van der Waals surface area contributed by atoms with Crippen LogP contribution in [0.15, 0.2) is 128 Å². The molecule has 0 unspecified atom stereocenters. The van der Waals surface area contributed by atoms with E-state index in [4.69, 9.17) is 36.2 Å². The van der Waals surface area contributed by atoms with Gasteiger partial charge < -0.3 is 18.9 Å². The Labute approximate surface area is 480 Å². The number of ether oxygens (including phenoxy) is 4. The molecule has 0 aromatic carbocycles. The lowest BCUT2D eigenvalue weighted by Crippen LogP contribution is -2.23. The molecule has 0 bridgehead atoms. The molecule has 0 aliphatic carbocycles. The molecule has 12 aromatic rings. The van der Waals surface area contributed by atoms with Gasteiger partial charge in [-0.3, -0.25) is 40.3 Å². The van der Waals surface area contributed by atoms with E-state index in [-0.39, 0.29) is 55.1 Å². The van der Waals surface area contributed by atoms with Crippen molar-refractivity contribution in [2.45, 2.75) is 26.4 Å². The normalized spacial score (nSPS) is 11.4. The van der Waals surface area contributed by atoms with Gasteiger partial charge in [-0.25, -0.2) is 23.6 Å². The van der Waals surface area contributed by atoms with Crippen LogP contribution in [0.2, 0.25) is 10.7 Å². The van der Waals surface area contributed by atoms with E-state index in [1.54, 1.807) is 30.6 Å². The summed E-state index contributed by atoms with van der Waals surface area (Å²) in [6.45, 7) is 0.122. The highest BCUT2D eigenvalue weighted by Crippen LogP contribution is 2.24. The summed E-state index contributed by atoms with van der Waals surface area (Å²) in [5, 5.41) is 48.4. The number of tetrazole rings is 4. The lowest BCUT2D eigenvalue weighted by molar-refractivity contribution is 0.286. The number of pyridine rings is 4. The fourth-order valence-electron chi connectivity index (χ4n) is 6.70. The molecule has 4 N–H and O–H groups in total. The van der Waals surface area contributed by atoms with Crippen molar-refractivity contribution < 1.29 is 29.0 Å². The smallest absolute Gasteiger partial charge is 0.368 e. The molecular formula is C44H41BrClFN28O8. The molecule has 83 heavy (non-hydrogen) atoms. The van der Waals surface area contributed by atoms with E-state index in [1.165, 1.54) is 96.1 Å². The van der Waals surface area contributed by atoms with Crippen molar-refractivity contribution in [1.29, 1.82) is 0 Å². The predicted molar refractivity (Wildman–Crippen MR) is 282 cm³/mol. The van der Waals surface area contributed by atoms with Crippen molar-refractivity contribution in [1.82, 2.24) is 140 Å². The lowest BCUT2D eigenvalue weighted by Gasteiger charge is -2.09. The van der Waals surface area contributed by atoms with Crippen LogP contribution in [-0.2, 0) is 54.6 Å². The van der Waals surface area contributed by atoms with Crippen LogP contribution < -0.4 is 41.7 Å². The SMILES string of the molecule is [3H]n1ccc(OCc2c(Br)cncc2-n2nnn(C)c2=O)n1.[3H]n1ccc(OCc2c(Cl)cncc2-n2nnn(C)c2=O)n1.[3H]n1ccc(OCc2c(F)cncc2-n2nnn(C)c2=O)n1.[3H]n1ccc(OCc2ccncc2-n2nnn(C)c2=O)n1. The molecule has 0 saturated carbocycles. The second kappa shape index (κ2) is 26.2. The zero-order valence-electron chi connectivity index (χ0n) is 47.1. The largest absolute Gasteiger partial charge is 0.472 e. The Kier molecular flexibility index (Phi) is 16.2. The summed E-state index contributed by atoms with van der Waals surface area (Å²) in [4.78, 5) is 63.4. The van der Waals surface area contributed by atoms with E-state index in [2.05, 4.69) is 98.0 Å². The Morgan fingerprint density at radius 3 is 1.25 bits per heavy atom. The number of nitrogens with one attached hydrogen (secondary N) is 4. The third kappa shape index (κ3) is 13.5. The molecule has 0 spiro atoms. The molecule has 12 rings (SSSR count). The van der Waals surface area contributed by atoms with Crippen LogP contribution in [0.1, 0.15) is 22.3 Å². The van der Waals surface area contributed by atoms with Crippen molar-refractivity contribution in [3.05, 3.63) is 184 Å². The number of hydrogen-bond acceptors (Lipinski definition) is 24. The first-order valence-corrected chi connectivity index (χ1v) is 24.5. The van der Waals surface area contributed by atoms with Crippen LogP contribution >= 0.6 is 27.5 Å². The topological polar surface area (TPSA) is 414 Å². The number of H-pyrrole nitrogens is 4. The first-order valence-electron chi connectivity index (χ1n) is 25.1. The molecule has 0 amide bonds. The Balaban J connectivity index is 0.000000138. The van der Waals surface area contributed by atoms with Crippen LogP contribution in [0.3, 0.4) is 0 Å². The van der Waals surface area contributed by atoms with Gasteiger partial charge in [0.15, 0.2) is 5.65 Å². The van der Waals surface area contributed by atoms with Crippen molar-refractivity contribution in [3.8, 4) is 46.3 Å². The first-order chi connectivity index (χ1) is 41.8. The van der Waals surface area contributed by atoms with Crippen molar-refractivity contribution in [3.63, 3.8) is 0 Å². The Morgan fingerprint density at radius 1 is 0.470 bits per heavy atom. The van der Waals surface area contributed by atoms with Gasteiger partial charge in [-0.15, -0.1) is 20.4 Å². The minimum Gasteiger partial charge on any atom is -0.472 e. The van der Waals surface area contributed by atoms with Crippen LogP contribution in [0, 0.1) is 5.82 Å². The summed E-state index contributed by atoms with van der Waals surface area (Å²) in [7, 11) is 5.93. The van der Waals surface area contributed by atoms with E-state index < -0.39 is 22.9 Å². The molecule has 12 aromatic heterocycles. The number of aromatic nitrogens is 28. The van der Waals surface area contributed by atoms with E-state index in [1.807, 2.05) is 0 Å². The van der Waals surface area contributed by atoms with Gasteiger partial charge in [0.05, 0.1) is 64.3 Å². The Morgan fingerprint density at radius 2 is 0.831 bits per heavy atom. The molecule has 426 valence electrons. The summed E-state index contributed by atoms with van der Waals surface area (Å²) in [5.41, 5.74) is 1.67. The summed E-state index contributed by atoms with van der Waals surface area (Å²) in [5.74, 6) is 0.389. The number of rotatable bonds is 16. The van der Waals surface area contributed by atoms with E-state index in [9.17, 15) is 23.6 Å². The molecule has 0 fully saturated rings. The van der Waals surface area contributed by atoms with Crippen LogP contribution in [0.25, 0.3) is 22.7 Å². The molecular weight excluding hydrogens is 1180 g/mol. The molecule has 0 radical (unpaired) electrons. The van der Waals surface area contributed by atoms with Crippen LogP contribution in [-0.4, -0.2) is 140 Å². The molecule has 36 nitrogen and oxygen atoms in total. The van der Waals surface area contributed by atoms with Gasteiger partial charge in [-0.05, 0) is 63.7 Å². The third-order valence-electron chi connectivity index (χ3n) is 10.9. The first kappa shape index (κ1) is 51.3. The number of aromatic amines is 4. The van der Waals surface area contributed by atoms with E-state index in [0.717, 1.165) is 64.0 Å². The number of nitrogens with zero attached hydrogens (tertiary/aromatic N) is 24. The molecule has 0 atom stereocenters. The molecule has 0 aliphatic heterocycles. The minimum absolute atomic E-state index is 0.0384. The molecule has 39 heteroatoms. The third-order valence-corrected chi connectivity index (χ3v) is 11.9. The van der Waals surface area contributed by atoms with Gasteiger partial charge in [-0.1, -0.05) is 11.6 Å². The highest BCUT2D eigenvalue weighted by atomic mass is 79.9. The maximum Gasteiger partial charge on any atom is 0.368 e. The molecule has 0 aliphatic rings. The average molecular weight is 1230 g/mol. The minimum atomic E-state index is -0.652. The standard InChI is InChI=1S/C11H10BrN7O2.C11H10ClN7O2.C11H10FN7O2.C11H11N7O2/c3*1-18-11(20)19(17-16-18)9-5-13-4-8(12)7(9)6-21-10-2-3-14-15-10;1-17-11(19)18(16-15-17)9-6-12-4-2-8(9)7-20-10-3-5-13-14-10/h3*2-5H,6H2,1H3,(H,14,15);2-6H,7H2,1H3,(H,13,14)/i/hT4. The van der Waals surface area contributed by atoms with Gasteiger partial charge in [0.25, 0.3) is 0 Å². The quantitative estimate of drug-likeness (QED) is 0.100.